The van der Waals surface area contributed by atoms with Gasteiger partial charge in [0.25, 0.3) is 0 Å². The number of hydrogen-bond donors (Lipinski definition) is 2. The molecule has 6 nitrogen and oxygen atoms in total. The van der Waals surface area contributed by atoms with Crippen LogP contribution in [0.4, 0.5) is 5.69 Å². The first-order valence-corrected chi connectivity index (χ1v) is 15.3. The number of anilines is 1. The van der Waals surface area contributed by atoms with Crippen molar-refractivity contribution in [3.63, 3.8) is 0 Å². The summed E-state index contributed by atoms with van der Waals surface area (Å²) in [4.78, 5) is 10.4. The van der Waals surface area contributed by atoms with Gasteiger partial charge in [-0.3, -0.25) is 9.80 Å². The standard InChI is InChI=1S/C33H50N6/c1-7-12-31(38-22-24(3)34-25(4)23-38)32-36-29-21-28(15-16-30(29)39(32)8-2)35-27-17-19-33(20-18-27,37(5)6)26-13-10-9-11-14-26/h9-11,13-16,21,24-25,27,31,34-35H,7-8,12,17-20,22-23H2,1-6H3/t24-,25+,27?,31-,33?/m0/s1. The van der Waals surface area contributed by atoms with Crippen LogP contribution in [-0.2, 0) is 12.1 Å². The third kappa shape index (κ3) is 5.75. The molecule has 0 radical (unpaired) electrons. The summed E-state index contributed by atoms with van der Waals surface area (Å²) in [6, 6.07) is 19.8. The molecule has 1 aliphatic carbocycles. The Morgan fingerprint density at radius 2 is 1.72 bits per heavy atom. The molecule has 0 amide bonds. The number of rotatable bonds is 9. The van der Waals surface area contributed by atoms with Crippen LogP contribution < -0.4 is 10.6 Å². The van der Waals surface area contributed by atoms with Crippen molar-refractivity contribution in [1.29, 1.82) is 0 Å². The highest BCUT2D eigenvalue weighted by Crippen LogP contribution is 2.42. The van der Waals surface area contributed by atoms with Crippen molar-refractivity contribution in [3.8, 4) is 0 Å². The summed E-state index contributed by atoms with van der Waals surface area (Å²) in [5.74, 6) is 1.24. The van der Waals surface area contributed by atoms with Gasteiger partial charge in [0.1, 0.15) is 5.82 Å². The number of piperazine rings is 1. The van der Waals surface area contributed by atoms with Gasteiger partial charge in [-0.2, -0.15) is 0 Å². The lowest BCUT2D eigenvalue weighted by Gasteiger charge is -2.46. The molecule has 2 heterocycles. The summed E-state index contributed by atoms with van der Waals surface area (Å²) in [6.07, 6.45) is 6.97. The molecule has 0 bridgehead atoms. The maximum Gasteiger partial charge on any atom is 0.127 e. The summed E-state index contributed by atoms with van der Waals surface area (Å²) in [5.41, 5.74) is 5.16. The van der Waals surface area contributed by atoms with Crippen molar-refractivity contribution in [3.05, 3.63) is 59.9 Å². The number of imidazole rings is 1. The Kier molecular flexibility index (Phi) is 8.65. The smallest absolute Gasteiger partial charge is 0.127 e. The minimum atomic E-state index is 0.130. The second-order valence-electron chi connectivity index (χ2n) is 12.4. The molecule has 39 heavy (non-hydrogen) atoms. The van der Waals surface area contributed by atoms with Gasteiger partial charge >= 0.3 is 0 Å². The first-order chi connectivity index (χ1) is 18.8. The zero-order chi connectivity index (χ0) is 27.6. The molecule has 2 fully saturated rings. The Labute approximate surface area is 236 Å². The monoisotopic (exact) mass is 530 g/mol. The number of benzene rings is 2. The summed E-state index contributed by atoms with van der Waals surface area (Å²) in [6.45, 7) is 12.3. The molecule has 6 heteroatoms. The van der Waals surface area contributed by atoms with Crippen molar-refractivity contribution in [2.24, 2.45) is 0 Å². The molecule has 3 aromatic rings. The SMILES string of the molecule is CCC[C@@H](c1nc2cc(NC3CCC(c4ccccc4)(N(C)C)CC3)ccc2n1CC)N1C[C@@H](C)N[C@@H](C)C1. The lowest BCUT2D eigenvalue weighted by atomic mass is 9.74. The van der Waals surface area contributed by atoms with Crippen LogP contribution in [0, 0.1) is 0 Å². The number of fused-ring (bicyclic) bond motifs is 1. The largest absolute Gasteiger partial charge is 0.382 e. The Hall–Kier alpha value is -2.41. The highest BCUT2D eigenvalue weighted by Gasteiger charge is 2.38. The topological polar surface area (TPSA) is 48.4 Å². The minimum Gasteiger partial charge on any atom is -0.382 e. The predicted molar refractivity (Wildman–Crippen MR) is 164 cm³/mol. The zero-order valence-corrected chi connectivity index (χ0v) is 25.1. The van der Waals surface area contributed by atoms with Gasteiger partial charge in [-0.25, -0.2) is 4.98 Å². The van der Waals surface area contributed by atoms with Crippen LogP contribution in [0.3, 0.4) is 0 Å². The Morgan fingerprint density at radius 1 is 1.03 bits per heavy atom. The summed E-state index contributed by atoms with van der Waals surface area (Å²) in [7, 11) is 4.48. The van der Waals surface area contributed by atoms with Crippen molar-refractivity contribution in [2.75, 3.05) is 32.5 Å². The van der Waals surface area contributed by atoms with E-state index in [-0.39, 0.29) is 5.54 Å². The molecule has 2 aliphatic rings. The fourth-order valence-electron chi connectivity index (χ4n) is 7.41. The predicted octanol–water partition coefficient (Wildman–Crippen LogP) is 6.39. The molecule has 0 spiro atoms. The molecular formula is C33H50N6. The van der Waals surface area contributed by atoms with Crippen LogP contribution in [-0.4, -0.2) is 64.7 Å². The maximum absolute atomic E-state index is 5.32. The molecule has 0 unspecified atom stereocenters. The third-order valence-electron chi connectivity index (χ3n) is 9.33. The van der Waals surface area contributed by atoms with E-state index in [2.05, 4.69) is 115 Å². The van der Waals surface area contributed by atoms with E-state index < -0.39 is 0 Å². The summed E-state index contributed by atoms with van der Waals surface area (Å²) < 4.78 is 2.46. The third-order valence-corrected chi connectivity index (χ3v) is 9.33. The second kappa shape index (κ2) is 12.0. The van der Waals surface area contributed by atoms with Gasteiger partial charge in [-0.15, -0.1) is 0 Å². The molecule has 1 saturated heterocycles. The minimum absolute atomic E-state index is 0.130. The fourth-order valence-corrected chi connectivity index (χ4v) is 7.41. The van der Waals surface area contributed by atoms with E-state index >= 15 is 0 Å². The lowest BCUT2D eigenvalue weighted by Crippen LogP contribution is -2.55. The van der Waals surface area contributed by atoms with E-state index in [1.807, 2.05) is 0 Å². The number of nitrogens with one attached hydrogen (secondary N) is 2. The van der Waals surface area contributed by atoms with Crippen molar-refractivity contribution < 1.29 is 0 Å². The van der Waals surface area contributed by atoms with Gasteiger partial charge < -0.3 is 15.2 Å². The first-order valence-electron chi connectivity index (χ1n) is 15.3. The number of aryl methyl sites for hydroxylation is 1. The first kappa shape index (κ1) is 28.1. The molecular weight excluding hydrogens is 480 g/mol. The Balaban J connectivity index is 1.35. The lowest BCUT2D eigenvalue weighted by molar-refractivity contribution is 0.0945. The van der Waals surface area contributed by atoms with E-state index in [1.165, 1.54) is 35.4 Å². The van der Waals surface area contributed by atoms with Crippen molar-refractivity contribution >= 4 is 16.7 Å². The van der Waals surface area contributed by atoms with Crippen molar-refractivity contribution in [1.82, 2.24) is 24.7 Å². The number of aromatic nitrogens is 2. The highest BCUT2D eigenvalue weighted by atomic mass is 15.3. The number of hydrogen-bond acceptors (Lipinski definition) is 5. The van der Waals surface area contributed by atoms with Gasteiger partial charge in [-0.1, -0.05) is 43.7 Å². The van der Waals surface area contributed by atoms with E-state index in [0.29, 0.717) is 24.2 Å². The average Bonchev–Trinajstić information content (AvgIpc) is 3.29. The van der Waals surface area contributed by atoms with Crippen LogP contribution >= 0.6 is 0 Å². The van der Waals surface area contributed by atoms with Crippen LogP contribution in [0.2, 0.25) is 0 Å². The molecule has 212 valence electrons. The van der Waals surface area contributed by atoms with Crippen LogP contribution in [0.1, 0.15) is 83.6 Å². The summed E-state index contributed by atoms with van der Waals surface area (Å²) in [5, 5.41) is 7.59. The molecule has 1 saturated carbocycles. The van der Waals surface area contributed by atoms with Gasteiger partial charge in [0.2, 0.25) is 0 Å². The Bertz CT molecular complexity index is 1200. The van der Waals surface area contributed by atoms with Crippen LogP contribution in [0.5, 0.6) is 0 Å². The van der Waals surface area contributed by atoms with Gasteiger partial charge in [0.15, 0.2) is 0 Å². The van der Waals surface area contributed by atoms with E-state index in [1.54, 1.807) is 0 Å². The van der Waals surface area contributed by atoms with Gasteiger partial charge in [0, 0.05) is 49.0 Å². The Morgan fingerprint density at radius 3 is 2.33 bits per heavy atom. The quantitative estimate of drug-likeness (QED) is 0.336. The molecule has 2 aromatic carbocycles. The molecule has 3 atom stereocenters. The van der Waals surface area contributed by atoms with Gasteiger partial charge in [-0.05, 0) is 90.7 Å². The molecule has 2 N–H and O–H groups in total. The van der Waals surface area contributed by atoms with Crippen LogP contribution in [0.15, 0.2) is 48.5 Å². The van der Waals surface area contributed by atoms with E-state index in [4.69, 9.17) is 4.98 Å². The summed E-state index contributed by atoms with van der Waals surface area (Å²) >= 11 is 0. The maximum atomic E-state index is 5.32. The fraction of sp³-hybridized carbons (Fsp3) is 0.606. The highest BCUT2D eigenvalue weighted by molar-refractivity contribution is 5.80. The average molecular weight is 531 g/mol. The molecule has 5 rings (SSSR count). The van der Waals surface area contributed by atoms with Crippen molar-refractivity contribution in [2.45, 2.75) is 102 Å². The van der Waals surface area contributed by atoms with Crippen LogP contribution in [0.25, 0.3) is 11.0 Å². The normalized spacial score (nSPS) is 27.2. The number of nitrogens with zero attached hydrogens (tertiary/aromatic N) is 4. The zero-order valence-electron chi connectivity index (χ0n) is 25.1. The van der Waals surface area contributed by atoms with E-state index in [9.17, 15) is 0 Å². The van der Waals surface area contributed by atoms with E-state index in [0.717, 1.165) is 50.8 Å². The second-order valence-corrected chi connectivity index (χ2v) is 12.4. The van der Waals surface area contributed by atoms with Gasteiger partial charge in [0.05, 0.1) is 17.1 Å². The molecule has 1 aliphatic heterocycles. The molecule has 1 aromatic heterocycles.